The van der Waals surface area contributed by atoms with Crippen molar-refractivity contribution in [1.82, 2.24) is 14.5 Å². The molecule has 0 aliphatic rings. The summed E-state index contributed by atoms with van der Waals surface area (Å²) in [6, 6.07) is 3.67. The molecule has 0 atom stereocenters. The molecular formula is C12H12ClN3O2. The number of pyridine rings is 1. The molecule has 94 valence electrons. The lowest BCUT2D eigenvalue weighted by atomic mass is 10.2. The normalized spacial score (nSPS) is 10.6. The summed E-state index contributed by atoms with van der Waals surface area (Å²) in [7, 11) is 1.77. The zero-order valence-electron chi connectivity index (χ0n) is 9.80. The van der Waals surface area contributed by atoms with Gasteiger partial charge in [-0.15, -0.1) is 0 Å². The molecule has 0 saturated carbocycles. The molecule has 0 unspecified atom stereocenters. The summed E-state index contributed by atoms with van der Waals surface area (Å²) < 4.78 is 1.70. The van der Waals surface area contributed by atoms with Crippen molar-refractivity contribution in [2.24, 2.45) is 7.05 Å². The summed E-state index contributed by atoms with van der Waals surface area (Å²) >= 11 is 6.19. The Labute approximate surface area is 109 Å². The smallest absolute Gasteiger partial charge is 0.303 e. The minimum atomic E-state index is -0.850. The maximum absolute atomic E-state index is 10.6. The summed E-state index contributed by atoms with van der Waals surface area (Å²) in [6.07, 6.45) is 3.74. The molecule has 0 amide bonds. The number of hydrogen-bond donors (Lipinski definition) is 1. The Morgan fingerprint density at radius 3 is 2.94 bits per heavy atom. The number of aryl methyl sites for hydroxylation is 1. The number of nitrogens with zero attached hydrogens (tertiary/aromatic N) is 3. The van der Waals surface area contributed by atoms with Crippen LogP contribution >= 0.6 is 11.6 Å². The van der Waals surface area contributed by atoms with Crippen LogP contribution in [0.4, 0.5) is 0 Å². The molecule has 0 radical (unpaired) electrons. The van der Waals surface area contributed by atoms with Crippen LogP contribution in [0.15, 0.2) is 24.5 Å². The molecule has 5 nitrogen and oxygen atoms in total. The molecule has 2 rings (SSSR count). The lowest BCUT2D eigenvalue weighted by Gasteiger charge is -1.99. The fourth-order valence-corrected chi connectivity index (χ4v) is 1.90. The number of carboxylic acid groups (broad SMARTS) is 1. The molecule has 0 aromatic carbocycles. The van der Waals surface area contributed by atoms with E-state index in [4.69, 9.17) is 16.7 Å². The van der Waals surface area contributed by atoms with Gasteiger partial charge in [0.25, 0.3) is 0 Å². The first-order valence-corrected chi connectivity index (χ1v) is 5.80. The van der Waals surface area contributed by atoms with E-state index in [1.807, 2.05) is 6.07 Å². The number of carboxylic acids is 1. The van der Waals surface area contributed by atoms with Crippen LogP contribution in [-0.2, 0) is 18.3 Å². The van der Waals surface area contributed by atoms with Crippen molar-refractivity contribution in [3.8, 4) is 11.3 Å². The monoisotopic (exact) mass is 265 g/mol. The maximum Gasteiger partial charge on any atom is 0.303 e. The average molecular weight is 266 g/mol. The molecular weight excluding hydrogens is 254 g/mol. The van der Waals surface area contributed by atoms with Crippen LogP contribution in [0.1, 0.15) is 12.2 Å². The van der Waals surface area contributed by atoms with Crippen LogP contribution in [0.2, 0.25) is 5.15 Å². The van der Waals surface area contributed by atoms with Gasteiger partial charge in [-0.05, 0) is 12.1 Å². The molecule has 0 fully saturated rings. The second-order valence-electron chi connectivity index (χ2n) is 3.86. The molecule has 0 saturated heterocycles. The van der Waals surface area contributed by atoms with Gasteiger partial charge in [-0.3, -0.25) is 9.78 Å². The van der Waals surface area contributed by atoms with Crippen LogP contribution < -0.4 is 0 Å². The predicted molar refractivity (Wildman–Crippen MR) is 67.4 cm³/mol. The van der Waals surface area contributed by atoms with E-state index in [9.17, 15) is 4.79 Å². The zero-order chi connectivity index (χ0) is 13.1. The van der Waals surface area contributed by atoms with Crippen molar-refractivity contribution in [3.05, 3.63) is 35.5 Å². The third kappa shape index (κ3) is 2.51. The van der Waals surface area contributed by atoms with Crippen molar-refractivity contribution in [1.29, 1.82) is 0 Å². The standard InChI is InChI=1S/C12H12ClN3O2/c1-16-9(4-5-10(17)18)15-11(12(16)13)8-3-2-6-14-7-8/h2-3,6-7H,4-5H2,1H3,(H,17,18). The topological polar surface area (TPSA) is 68.0 Å². The Hall–Kier alpha value is -1.88. The number of halogens is 1. The van der Waals surface area contributed by atoms with E-state index < -0.39 is 5.97 Å². The van der Waals surface area contributed by atoms with E-state index in [0.29, 0.717) is 23.1 Å². The van der Waals surface area contributed by atoms with Gasteiger partial charge in [0.1, 0.15) is 16.7 Å². The fourth-order valence-electron chi connectivity index (χ4n) is 1.65. The highest BCUT2D eigenvalue weighted by atomic mass is 35.5. The van der Waals surface area contributed by atoms with Gasteiger partial charge in [0.15, 0.2) is 0 Å². The van der Waals surface area contributed by atoms with E-state index in [2.05, 4.69) is 9.97 Å². The predicted octanol–water partition coefficient (Wildman–Crippen LogP) is 2.15. The number of imidazole rings is 1. The van der Waals surface area contributed by atoms with E-state index in [-0.39, 0.29) is 6.42 Å². The van der Waals surface area contributed by atoms with Gasteiger partial charge < -0.3 is 9.67 Å². The number of hydrogen-bond acceptors (Lipinski definition) is 3. The second kappa shape index (κ2) is 5.18. The highest BCUT2D eigenvalue weighted by Crippen LogP contribution is 2.27. The largest absolute Gasteiger partial charge is 0.481 e. The summed E-state index contributed by atoms with van der Waals surface area (Å²) in [5, 5.41) is 9.17. The zero-order valence-corrected chi connectivity index (χ0v) is 10.6. The van der Waals surface area contributed by atoms with Gasteiger partial charge in [0.2, 0.25) is 0 Å². The second-order valence-corrected chi connectivity index (χ2v) is 4.22. The molecule has 0 aliphatic heterocycles. The fraction of sp³-hybridized carbons (Fsp3) is 0.250. The summed E-state index contributed by atoms with van der Waals surface area (Å²) in [5.74, 6) is -0.196. The van der Waals surface area contributed by atoms with Crippen molar-refractivity contribution < 1.29 is 9.90 Å². The molecule has 18 heavy (non-hydrogen) atoms. The molecule has 0 aliphatic carbocycles. The Morgan fingerprint density at radius 1 is 1.56 bits per heavy atom. The summed E-state index contributed by atoms with van der Waals surface area (Å²) in [4.78, 5) is 19.0. The van der Waals surface area contributed by atoms with E-state index in [1.54, 1.807) is 30.1 Å². The van der Waals surface area contributed by atoms with Gasteiger partial charge in [-0.1, -0.05) is 11.6 Å². The highest BCUT2D eigenvalue weighted by molar-refractivity contribution is 6.32. The minimum Gasteiger partial charge on any atom is -0.481 e. The van der Waals surface area contributed by atoms with Gasteiger partial charge in [0, 0.05) is 31.4 Å². The molecule has 0 spiro atoms. The third-order valence-corrected chi connectivity index (χ3v) is 3.05. The third-order valence-electron chi connectivity index (χ3n) is 2.62. The quantitative estimate of drug-likeness (QED) is 0.920. The Morgan fingerprint density at radius 2 is 2.33 bits per heavy atom. The van der Waals surface area contributed by atoms with Crippen LogP contribution in [0, 0.1) is 0 Å². The number of aliphatic carboxylic acids is 1. The lowest BCUT2D eigenvalue weighted by Crippen LogP contribution is -2.03. The molecule has 2 aromatic heterocycles. The first kappa shape index (κ1) is 12.6. The molecule has 0 bridgehead atoms. The summed E-state index contributed by atoms with van der Waals surface area (Å²) in [5.41, 5.74) is 1.45. The number of rotatable bonds is 4. The van der Waals surface area contributed by atoms with Crippen molar-refractivity contribution in [2.75, 3.05) is 0 Å². The van der Waals surface area contributed by atoms with Gasteiger partial charge in [-0.25, -0.2) is 4.98 Å². The van der Waals surface area contributed by atoms with E-state index >= 15 is 0 Å². The van der Waals surface area contributed by atoms with Crippen LogP contribution in [0.25, 0.3) is 11.3 Å². The first-order valence-electron chi connectivity index (χ1n) is 5.43. The molecule has 1 N–H and O–H groups in total. The highest BCUT2D eigenvalue weighted by Gasteiger charge is 2.15. The van der Waals surface area contributed by atoms with E-state index in [0.717, 1.165) is 5.56 Å². The Balaban J connectivity index is 2.33. The minimum absolute atomic E-state index is 0.0354. The van der Waals surface area contributed by atoms with Gasteiger partial charge in [-0.2, -0.15) is 0 Å². The van der Waals surface area contributed by atoms with Crippen molar-refractivity contribution in [2.45, 2.75) is 12.8 Å². The molecule has 6 heteroatoms. The summed E-state index contributed by atoms with van der Waals surface area (Å²) in [6.45, 7) is 0. The van der Waals surface area contributed by atoms with Crippen LogP contribution in [0.5, 0.6) is 0 Å². The lowest BCUT2D eigenvalue weighted by molar-refractivity contribution is -0.137. The molecule has 2 aromatic rings. The van der Waals surface area contributed by atoms with Gasteiger partial charge in [0.05, 0.1) is 6.42 Å². The maximum atomic E-state index is 10.6. The van der Waals surface area contributed by atoms with Crippen molar-refractivity contribution in [3.63, 3.8) is 0 Å². The van der Waals surface area contributed by atoms with Crippen LogP contribution in [-0.4, -0.2) is 25.6 Å². The number of aromatic nitrogens is 3. The molecule has 2 heterocycles. The Bertz CT molecular complexity index is 566. The first-order chi connectivity index (χ1) is 8.59. The number of carbonyl (C=O) groups is 1. The van der Waals surface area contributed by atoms with Gasteiger partial charge >= 0.3 is 5.97 Å². The average Bonchev–Trinajstić information content (AvgIpc) is 2.65. The Kier molecular flexibility index (Phi) is 3.62. The van der Waals surface area contributed by atoms with Crippen molar-refractivity contribution >= 4 is 17.6 Å². The van der Waals surface area contributed by atoms with Crippen LogP contribution in [0.3, 0.4) is 0 Å². The SMILES string of the molecule is Cn1c(CCC(=O)O)nc(-c2cccnc2)c1Cl. The van der Waals surface area contributed by atoms with E-state index in [1.165, 1.54) is 0 Å².